The van der Waals surface area contributed by atoms with Gasteiger partial charge in [-0.3, -0.25) is 4.79 Å². The van der Waals surface area contributed by atoms with Gasteiger partial charge in [0, 0.05) is 6.42 Å². The zero-order valence-electron chi connectivity index (χ0n) is 8.89. The minimum Gasteiger partial charge on any atom is -0.298 e. The lowest BCUT2D eigenvalue weighted by Gasteiger charge is -2.10. The summed E-state index contributed by atoms with van der Waals surface area (Å²) in [5.41, 5.74) is 1.91. The molecule has 0 N–H and O–H groups in total. The molecule has 3 heteroatoms. The Morgan fingerprint density at radius 3 is 2.80 bits per heavy atom. The summed E-state index contributed by atoms with van der Waals surface area (Å²) in [7, 11) is 0. The highest BCUT2D eigenvalue weighted by atomic mass is 79.9. The van der Waals surface area contributed by atoms with Crippen LogP contribution in [-0.4, -0.2) is 10.6 Å². The number of carbonyl (C=O) groups excluding carboxylic acids is 1. The van der Waals surface area contributed by atoms with Crippen LogP contribution in [0.4, 0.5) is 4.39 Å². The van der Waals surface area contributed by atoms with E-state index in [2.05, 4.69) is 15.9 Å². The predicted molar refractivity (Wildman–Crippen MR) is 62.9 cm³/mol. The fourth-order valence-corrected chi connectivity index (χ4v) is 2.06. The highest BCUT2D eigenvalue weighted by Gasteiger charge is 2.14. The second-order valence-corrected chi connectivity index (χ2v) is 4.67. The van der Waals surface area contributed by atoms with Crippen LogP contribution in [0.1, 0.15) is 24.5 Å². The molecule has 0 saturated carbocycles. The van der Waals surface area contributed by atoms with Gasteiger partial charge in [-0.1, -0.05) is 28.9 Å². The van der Waals surface area contributed by atoms with Crippen LogP contribution in [0.2, 0.25) is 0 Å². The molecule has 1 unspecified atom stereocenters. The summed E-state index contributed by atoms with van der Waals surface area (Å²) < 4.78 is 13.0. The average Bonchev–Trinajstić information content (AvgIpc) is 2.22. The molecule has 1 nitrogen and oxygen atoms in total. The monoisotopic (exact) mass is 272 g/mol. The van der Waals surface area contributed by atoms with Gasteiger partial charge in [-0.2, -0.15) is 0 Å². The van der Waals surface area contributed by atoms with Crippen molar-refractivity contribution < 1.29 is 9.18 Å². The van der Waals surface area contributed by atoms with E-state index in [9.17, 15) is 9.18 Å². The first-order valence-corrected chi connectivity index (χ1v) is 5.88. The predicted octanol–water partition coefficient (Wildman–Crippen LogP) is 3.42. The highest BCUT2D eigenvalue weighted by Crippen LogP contribution is 2.17. The second kappa shape index (κ2) is 5.40. The molecular formula is C12H14BrFO. The lowest BCUT2D eigenvalue weighted by Crippen LogP contribution is -2.16. The number of rotatable bonds is 4. The molecule has 82 valence electrons. The number of hydrogen-bond acceptors (Lipinski definition) is 1. The van der Waals surface area contributed by atoms with Crippen molar-refractivity contribution in [2.45, 2.75) is 31.5 Å². The summed E-state index contributed by atoms with van der Waals surface area (Å²) in [6.45, 7) is 3.75. The molecular weight excluding hydrogens is 259 g/mol. The minimum atomic E-state index is -0.251. The van der Waals surface area contributed by atoms with Gasteiger partial charge in [0.2, 0.25) is 0 Å². The first-order chi connectivity index (χ1) is 7.04. The van der Waals surface area contributed by atoms with E-state index in [4.69, 9.17) is 0 Å². The SMILES string of the molecule is CCC(=O)C(Br)Cc1cc(F)ccc1C. The molecule has 1 rings (SSSR count). The first-order valence-electron chi connectivity index (χ1n) is 4.96. The van der Waals surface area contributed by atoms with Gasteiger partial charge in [-0.05, 0) is 36.6 Å². The van der Waals surface area contributed by atoms with E-state index < -0.39 is 0 Å². The number of alkyl halides is 1. The average molecular weight is 273 g/mol. The number of ketones is 1. The molecule has 0 fully saturated rings. The van der Waals surface area contributed by atoms with Crippen LogP contribution < -0.4 is 0 Å². The van der Waals surface area contributed by atoms with Gasteiger partial charge in [0.25, 0.3) is 0 Å². The van der Waals surface area contributed by atoms with Crippen molar-refractivity contribution in [3.05, 3.63) is 35.1 Å². The van der Waals surface area contributed by atoms with Gasteiger partial charge in [0.05, 0.1) is 4.83 Å². The summed E-state index contributed by atoms with van der Waals surface area (Å²) >= 11 is 3.33. The zero-order chi connectivity index (χ0) is 11.4. The van der Waals surface area contributed by atoms with Crippen LogP contribution in [0.5, 0.6) is 0 Å². The number of hydrogen-bond donors (Lipinski definition) is 0. The van der Waals surface area contributed by atoms with Crippen LogP contribution in [0.25, 0.3) is 0 Å². The van der Waals surface area contributed by atoms with Crippen molar-refractivity contribution >= 4 is 21.7 Å². The molecule has 0 aromatic heterocycles. The third-order valence-electron chi connectivity index (χ3n) is 2.41. The lowest BCUT2D eigenvalue weighted by atomic mass is 10.0. The van der Waals surface area contributed by atoms with Crippen LogP contribution in [0.3, 0.4) is 0 Å². The topological polar surface area (TPSA) is 17.1 Å². The van der Waals surface area contributed by atoms with Gasteiger partial charge in [-0.15, -0.1) is 0 Å². The van der Waals surface area contributed by atoms with Crippen molar-refractivity contribution in [1.29, 1.82) is 0 Å². The van der Waals surface area contributed by atoms with Gasteiger partial charge < -0.3 is 0 Å². The molecule has 0 aliphatic heterocycles. The number of halogens is 2. The minimum absolute atomic E-state index is 0.152. The maximum Gasteiger partial charge on any atom is 0.146 e. The normalized spacial score (nSPS) is 12.5. The fourth-order valence-electron chi connectivity index (χ4n) is 1.39. The molecule has 1 aromatic carbocycles. The van der Waals surface area contributed by atoms with Crippen molar-refractivity contribution in [1.82, 2.24) is 0 Å². The van der Waals surface area contributed by atoms with E-state index in [1.54, 1.807) is 6.07 Å². The van der Waals surface area contributed by atoms with E-state index in [0.717, 1.165) is 11.1 Å². The van der Waals surface area contributed by atoms with Gasteiger partial charge >= 0.3 is 0 Å². The van der Waals surface area contributed by atoms with E-state index in [1.165, 1.54) is 12.1 Å². The van der Waals surface area contributed by atoms with Crippen LogP contribution in [0, 0.1) is 12.7 Å². The highest BCUT2D eigenvalue weighted by molar-refractivity contribution is 9.10. The second-order valence-electron chi connectivity index (χ2n) is 3.56. The van der Waals surface area contributed by atoms with E-state index in [-0.39, 0.29) is 16.4 Å². The van der Waals surface area contributed by atoms with E-state index in [0.29, 0.717) is 12.8 Å². The number of benzene rings is 1. The zero-order valence-corrected chi connectivity index (χ0v) is 10.5. The third kappa shape index (κ3) is 3.42. The maximum atomic E-state index is 13.0. The number of carbonyl (C=O) groups is 1. The quantitative estimate of drug-likeness (QED) is 0.768. The maximum absolute atomic E-state index is 13.0. The first kappa shape index (κ1) is 12.4. The molecule has 0 aliphatic rings. The van der Waals surface area contributed by atoms with Gasteiger partial charge in [0.1, 0.15) is 11.6 Å². The van der Waals surface area contributed by atoms with Crippen molar-refractivity contribution in [3.8, 4) is 0 Å². The summed E-state index contributed by atoms with van der Waals surface area (Å²) in [6.07, 6.45) is 1.06. The van der Waals surface area contributed by atoms with E-state index in [1.807, 2.05) is 13.8 Å². The Morgan fingerprint density at radius 2 is 2.20 bits per heavy atom. The fraction of sp³-hybridized carbons (Fsp3) is 0.417. The summed E-state index contributed by atoms with van der Waals surface area (Å²) in [6, 6.07) is 4.66. The Hall–Kier alpha value is -0.700. The molecule has 0 radical (unpaired) electrons. The van der Waals surface area contributed by atoms with Crippen molar-refractivity contribution in [2.24, 2.45) is 0 Å². The summed E-state index contributed by atoms with van der Waals surface area (Å²) in [5.74, 6) is -0.0992. The van der Waals surface area contributed by atoms with Gasteiger partial charge in [0.15, 0.2) is 0 Å². The summed E-state index contributed by atoms with van der Waals surface area (Å²) in [4.78, 5) is 11.2. The van der Waals surface area contributed by atoms with Crippen LogP contribution in [-0.2, 0) is 11.2 Å². The smallest absolute Gasteiger partial charge is 0.146 e. The molecule has 1 atom stereocenters. The molecule has 0 bridgehead atoms. The van der Waals surface area contributed by atoms with Crippen LogP contribution >= 0.6 is 15.9 Å². The molecule has 0 spiro atoms. The summed E-state index contributed by atoms with van der Waals surface area (Å²) in [5, 5.41) is 0. The number of Topliss-reactive ketones (excluding diaryl/α,β-unsaturated/α-hetero) is 1. The van der Waals surface area contributed by atoms with E-state index >= 15 is 0 Å². The Kier molecular flexibility index (Phi) is 4.45. The molecule has 0 amide bonds. The lowest BCUT2D eigenvalue weighted by molar-refractivity contribution is -0.118. The van der Waals surface area contributed by atoms with Gasteiger partial charge in [-0.25, -0.2) is 4.39 Å². The Morgan fingerprint density at radius 1 is 1.53 bits per heavy atom. The van der Waals surface area contributed by atoms with Crippen molar-refractivity contribution in [3.63, 3.8) is 0 Å². The number of aryl methyl sites for hydroxylation is 1. The molecule has 15 heavy (non-hydrogen) atoms. The Bertz CT molecular complexity index is 363. The van der Waals surface area contributed by atoms with Crippen LogP contribution in [0.15, 0.2) is 18.2 Å². The third-order valence-corrected chi connectivity index (χ3v) is 3.24. The largest absolute Gasteiger partial charge is 0.298 e. The Labute approximate surface area is 97.8 Å². The molecule has 1 aromatic rings. The molecule has 0 saturated heterocycles. The molecule has 0 aliphatic carbocycles. The Balaban J connectivity index is 2.80. The van der Waals surface area contributed by atoms with Crippen molar-refractivity contribution in [2.75, 3.05) is 0 Å². The molecule has 0 heterocycles. The standard InChI is InChI=1S/C12H14BrFO/c1-3-12(15)11(13)7-9-6-10(14)5-4-8(9)2/h4-6,11H,3,7H2,1-2H3.